The first-order chi connectivity index (χ1) is 16.2. The second kappa shape index (κ2) is 11.7. The molecule has 0 fully saturated rings. The van der Waals surface area contributed by atoms with Crippen LogP contribution in [0.1, 0.15) is 41.5 Å². The van der Waals surface area contributed by atoms with E-state index in [9.17, 15) is 4.79 Å². The van der Waals surface area contributed by atoms with Crippen LogP contribution >= 0.6 is 0 Å². The molecule has 192 valence electrons. The third-order valence-electron chi connectivity index (χ3n) is 6.85. The summed E-state index contributed by atoms with van der Waals surface area (Å²) in [7, 11) is -4.63. The van der Waals surface area contributed by atoms with Crippen LogP contribution in [-0.4, -0.2) is 42.0 Å². The fourth-order valence-corrected chi connectivity index (χ4v) is 9.44. The van der Waals surface area contributed by atoms with Gasteiger partial charge in [-0.2, -0.15) is 0 Å². The molecule has 7 heteroatoms. The lowest BCUT2D eigenvalue weighted by Crippen LogP contribution is -2.66. The summed E-state index contributed by atoms with van der Waals surface area (Å²) in [6.45, 7) is 18.3. The number of hydrogen-bond acceptors (Lipinski definition) is 4. The van der Waals surface area contributed by atoms with Crippen molar-refractivity contribution >= 4 is 33.1 Å². The zero-order valence-corrected chi connectivity index (χ0v) is 24.6. The van der Waals surface area contributed by atoms with Gasteiger partial charge in [0.25, 0.3) is 8.32 Å². The Labute approximate surface area is 213 Å². The molecule has 0 aliphatic rings. The Bertz CT molecular complexity index is 924. The van der Waals surface area contributed by atoms with Gasteiger partial charge in [-0.1, -0.05) is 108 Å². The molecule has 1 amide bonds. The molecule has 0 saturated heterocycles. The molecule has 2 N–H and O–H groups in total. The van der Waals surface area contributed by atoms with Crippen LogP contribution in [0.15, 0.2) is 72.8 Å². The molecule has 0 aromatic heterocycles. The fourth-order valence-electron chi connectivity index (χ4n) is 3.93. The highest BCUT2D eigenvalue weighted by molar-refractivity contribution is 6.99. The van der Waals surface area contributed by atoms with Gasteiger partial charge in [0.1, 0.15) is 6.10 Å². The smallest absolute Gasteiger partial charge is 0.405 e. The summed E-state index contributed by atoms with van der Waals surface area (Å²) in [5, 5.41) is 2.38. The van der Waals surface area contributed by atoms with E-state index in [0.29, 0.717) is 6.61 Å². The lowest BCUT2D eigenvalue weighted by atomic mass is 10.2. The summed E-state index contributed by atoms with van der Waals surface area (Å²) in [6, 6.07) is 21.0. The van der Waals surface area contributed by atoms with Crippen molar-refractivity contribution < 1.29 is 18.4 Å². The zero-order chi connectivity index (χ0) is 26.3. The first-order valence-electron chi connectivity index (χ1n) is 12.2. The quantitative estimate of drug-likeness (QED) is 0.331. The number of rotatable bonds is 10. The second-order valence-corrected chi connectivity index (χ2v) is 20.6. The fraction of sp³-hybridized carbons (Fsp3) is 0.464. The van der Waals surface area contributed by atoms with Gasteiger partial charge in [0.15, 0.2) is 8.32 Å². The Kier molecular flexibility index (Phi) is 9.70. The molecule has 5 nitrogen and oxygen atoms in total. The third-order valence-corrected chi connectivity index (χ3v) is 16.4. The number of hydrogen-bond donors (Lipinski definition) is 1. The maximum atomic E-state index is 11.5. The van der Waals surface area contributed by atoms with E-state index < -0.39 is 28.8 Å². The minimum Gasteiger partial charge on any atom is -0.440 e. The van der Waals surface area contributed by atoms with Gasteiger partial charge in [-0.15, -0.1) is 0 Å². The number of amides is 1. The van der Waals surface area contributed by atoms with E-state index in [-0.39, 0.29) is 16.7 Å². The van der Waals surface area contributed by atoms with Gasteiger partial charge in [0.2, 0.25) is 0 Å². The molecule has 0 radical (unpaired) electrons. The predicted molar refractivity (Wildman–Crippen MR) is 150 cm³/mol. The van der Waals surface area contributed by atoms with Crippen molar-refractivity contribution in [3.8, 4) is 0 Å². The molecule has 35 heavy (non-hydrogen) atoms. The first kappa shape index (κ1) is 29.0. The largest absolute Gasteiger partial charge is 0.440 e. The number of nitrogens with two attached hydrogens (primary N) is 1. The lowest BCUT2D eigenvalue weighted by Gasteiger charge is -2.42. The van der Waals surface area contributed by atoms with Gasteiger partial charge in [-0.3, -0.25) is 0 Å². The zero-order valence-electron chi connectivity index (χ0n) is 22.6. The molecule has 0 unspecified atom stereocenters. The molecule has 0 heterocycles. The van der Waals surface area contributed by atoms with Crippen LogP contribution in [0.3, 0.4) is 0 Å². The van der Waals surface area contributed by atoms with Crippen molar-refractivity contribution in [1.82, 2.24) is 0 Å². The van der Waals surface area contributed by atoms with Gasteiger partial charge >= 0.3 is 6.09 Å². The second-order valence-electron chi connectivity index (χ2n) is 11.4. The van der Waals surface area contributed by atoms with Crippen LogP contribution in [0.4, 0.5) is 4.79 Å². The molecule has 0 aliphatic heterocycles. The molecule has 0 spiro atoms. The highest BCUT2D eigenvalue weighted by Gasteiger charge is 2.49. The highest BCUT2D eigenvalue weighted by Crippen LogP contribution is 2.37. The molecule has 1 atom stereocenters. The van der Waals surface area contributed by atoms with E-state index in [1.165, 1.54) is 10.4 Å². The van der Waals surface area contributed by atoms with E-state index in [0.717, 1.165) is 0 Å². The number of carbonyl (C=O) groups is 1. The van der Waals surface area contributed by atoms with E-state index in [1.807, 2.05) is 24.3 Å². The first-order valence-corrected chi connectivity index (χ1v) is 17.0. The van der Waals surface area contributed by atoms with Crippen LogP contribution in [-0.2, 0) is 13.6 Å². The monoisotopic (exact) mass is 513 g/mol. The Morgan fingerprint density at radius 3 is 1.74 bits per heavy atom. The Balaban J connectivity index is 2.30. The molecular formula is C28H43NO4Si2. The summed E-state index contributed by atoms with van der Waals surface area (Å²) in [6.07, 6.45) is 2.37. The van der Waals surface area contributed by atoms with Crippen molar-refractivity contribution in [2.24, 2.45) is 5.73 Å². The summed E-state index contributed by atoms with van der Waals surface area (Å²) in [4.78, 5) is 11.5. The Morgan fingerprint density at radius 2 is 1.34 bits per heavy atom. The highest BCUT2D eigenvalue weighted by atomic mass is 28.4. The molecule has 2 aromatic carbocycles. The van der Waals surface area contributed by atoms with E-state index >= 15 is 0 Å². The third kappa shape index (κ3) is 7.40. The van der Waals surface area contributed by atoms with Crippen LogP contribution in [0.5, 0.6) is 0 Å². The van der Waals surface area contributed by atoms with E-state index in [1.54, 1.807) is 0 Å². The molecular weight excluding hydrogens is 470 g/mol. The van der Waals surface area contributed by atoms with Crippen LogP contribution in [0.2, 0.25) is 23.2 Å². The van der Waals surface area contributed by atoms with Gasteiger partial charge < -0.3 is 19.3 Å². The summed E-state index contributed by atoms with van der Waals surface area (Å²) in [5.74, 6) is 0. The van der Waals surface area contributed by atoms with Crippen LogP contribution in [0, 0.1) is 0 Å². The molecule has 0 bridgehead atoms. The van der Waals surface area contributed by atoms with Gasteiger partial charge in [-0.25, -0.2) is 4.79 Å². The predicted octanol–water partition coefficient (Wildman–Crippen LogP) is 5.60. The number of primary amides is 1. The van der Waals surface area contributed by atoms with Gasteiger partial charge in [0.05, 0.1) is 13.2 Å². The molecule has 0 saturated carbocycles. The number of carbonyl (C=O) groups excluding carboxylic acids is 1. The maximum absolute atomic E-state index is 11.5. The number of benzene rings is 2. The van der Waals surface area contributed by atoms with Gasteiger partial charge in [-0.05, 0) is 39.6 Å². The van der Waals surface area contributed by atoms with E-state index in [4.69, 9.17) is 19.3 Å². The Morgan fingerprint density at radius 1 is 0.857 bits per heavy atom. The van der Waals surface area contributed by atoms with Crippen molar-refractivity contribution in [2.45, 2.75) is 70.8 Å². The minimum absolute atomic E-state index is 0.0559. The van der Waals surface area contributed by atoms with E-state index in [2.05, 4.69) is 103 Å². The minimum atomic E-state index is -2.63. The van der Waals surface area contributed by atoms with Crippen molar-refractivity contribution in [2.75, 3.05) is 13.2 Å². The molecule has 2 rings (SSSR count). The maximum Gasteiger partial charge on any atom is 0.405 e. The molecule has 0 aliphatic carbocycles. The number of ether oxygens (including phenoxy) is 1. The average Bonchev–Trinajstić information content (AvgIpc) is 2.76. The average molecular weight is 514 g/mol. The normalized spacial score (nSPS) is 14.2. The summed E-state index contributed by atoms with van der Waals surface area (Å²) in [5.41, 5.74) is 5.34. The summed E-state index contributed by atoms with van der Waals surface area (Å²) >= 11 is 0. The van der Waals surface area contributed by atoms with Crippen molar-refractivity contribution in [3.05, 3.63) is 72.8 Å². The topological polar surface area (TPSA) is 70.8 Å². The standard InChI is InChI=1S/C28H43NO4Si2/c1-27(2,3)34(7,8)32-22-23(33-26(29)30)16-15-21-31-35(28(4,5)6,24-17-11-9-12-18-24)25-19-13-10-14-20-25/h9-20,23H,21-22H2,1-8H3,(H2,29,30)/b16-15+/t23-/m0/s1. The SMILES string of the molecule is CC(C)(C)[Si](C)(C)OC[C@H](/C=C/CO[Si](c1ccccc1)(c1ccccc1)C(C)(C)C)OC(N)=O. The van der Waals surface area contributed by atoms with Crippen molar-refractivity contribution in [3.63, 3.8) is 0 Å². The Hall–Kier alpha value is -2.20. The lowest BCUT2D eigenvalue weighted by molar-refractivity contribution is 0.0925. The van der Waals surface area contributed by atoms with Gasteiger partial charge in [0, 0.05) is 0 Å². The van der Waals surface area contributed by atoms with Crippen LogP contribution < -0.4 is 16.1 Å². The van der Waals surface area contributed by atoms with Crippen LogP contribution in [0.25, 0.3) is 0 Å². The molecule has 2 aromatic rings. The van der Waals surface area contributed by atoms with Crippen molar-refractivity contribution in [1.29, 1.82) is 0 Å². The summed E-state index contributed by atoms with van der Waals surface area (Å²) < 4.78 is 18.5.